The first-order chi connectivity index (χ1) is 18.5. The maximum absolute atomic E-state index is 12.6. The SMILES string of the molecule is COc1ccc(C(=C/C=C/C(=O)N[C@H](C)CCCc2cccnc2)c2ccc(OC)cc2OC)c(OC)c1. The molecule has 0 fully saturated rings. The number of aryl methyl sites for hydroxylation is 1. The number of pyridine rings is 1. The van der Waals surface area contributed by atoms with Crippen LogP contribution in [0, 0.1) is 0 Å². The van der Waals surface area contributed by atoms with Gasteiger partial charge in [-0.25, -0.2) is 0 Å². The zero-order valence-corrected chi connectivity index (χ0v) is 22.7. The second kappa shape index (κ2) is 14.5. The van der Waals surface area contributed by atoms with E-state index in [2.05, 4.69) is 16.4 Å². The van der Waals surface area contributed by atoms with Crippen molar-refractivity contribution in [2.75, 3.05) is 28.4 Å². The molecule has 1 heterocycles. The van der Waals surface area contributed by atoms with Crippen LogP contribution >= 0.6 is 0 Å². The molecule has 1 atom stereocenters. The molecule has 0 spiro atoms. The Morgan fingerprint density at radius 2 is 1.55 bits per heavy atom. The van der Waals surface area contributed by atoms with Gasteiger partial charge in [0.25, 0.3) is 0 Å². The third-order valence-corrected chi connectivity index (χ3v) is 6.12. The van der Waals surface area contributed by atoms with Crippen LogP contribution in [0.3, 0.4) is 0 Å². The third kappa shape index (κ3) is 7.87. The summed E-state index contributed by atoms with van der Waals surface area (Å²) in [6, 6.07) is 15.3. The predicted molar refractivity (Wildman–Crippen MR) is 150 cm³/mol. The van der Waals surface area contributed by atoms with Crippen LogP contribution in [0.4, 0.5) is 0 Å². The van der Waals surface area contributed by atoms with Gasteiger partial charge in [0.15, 0.2) is 0 Å². The van der Waals surface area contributed by atoms with Gasteiger partial charge in [0.05, 0.1) is 28.4 Å². The van der Waals surface area contributed by atoms with Crippen molar-refractivity contribution in [3.05, 3.63) is 95.8 Å². The molecule has 0 aliphatic rings. The molecule has 38 heavy (non-hydrogen) atoms. The van der Waals surface area contributed by atoms with Crippen LogP contribution in [-0.4, -0.2) is 45.4 Å². The summed E-state index contributed by atoms with van der Waals surface area (Å²) < 4.78 is 22.1. The van der Waals surface area contributed by atoms with Gasteiger partial charge in [-0.15, -0.1) is 0 Å². The minimum Gasteiger partial charge on any atom is -0.497 e. The number of hydrogen-bond donors (Lipinski definition) is 1. The number of carbonyl (C=O) groups excluding carboxylic acids is 1. The van der Waals surface area contributed by atoms with Gasteiger partial charge < -0.3 is 24.3 Å². The number of nitrogens with zero attached hydrogens (tertiary/aromatic N) is 1. The maximum atomic E-state index is 12.6. The molecule has 0 aliphatic carbocycles. The van der Waals surface area contributed by atoms with E-state index in [4.69, 9.17) is 18.9 Å². The van der Waals surface area contributed by atoms with E-state index in [1.807, 2.05) is 61.7 Å². The minimum absolute atomic E-state index is 0.0515. The van der Waals surface area contributed by atoms with Crippen LogP contribution in [0.5, 0.6) is 23.0 Å². The molecule has 0 saturated heterocycles. The molecular weight excluding hydrogens is 480 g/mol. The van der Waals surface area contributed by atoms with Crippen molar-refractivity contribution in [3.63, 3.8) is 0 Å². The summed E-state index contributed by atoms with van der Waals surface area (Å²) in [5.74, 6) is 2.47. The van der Waals surface area contributed by atoms with Crippen molar-refractivity contribution in [1.29, 1.82) is 0 Å². The number of carbonyl (C=O) groups is 1. The third-order valence-electron chi connectivity index (χ3n) is 6.12. The normalized spacial score (nSPS) is 11.5. The van der Waals surface area contributed by atoms with Gasteiger partial charge >= 0.3 is 0 Å². The van der Waals surface area contributed by atoms with Gasteiger partial charge in [-0.05, 0) is 67.7 Å². The first-order valence-corrected chi connectivity index (χ1v) is 12.5. The summed E-state index contributed by atoms with van der Waals surface area (Å²) in [6.45, 7) is 2.01. The Balaban J connectivity index is 1.80. The lowest BCUT2D eigenvalue weighted by Crippen LogP contribution is -2.31. The highest BCUT2D eigenvalue weighted by Crippen LogP contribution is 2.39. The van der Waals surface area contributed by atoms with E-state index in [1.54, 1.807) is 40.7 Å². The van der Waals surface area contributed by atoms with Gasteiger partial charge in [-0.2, -0.15) is 0 Å². The molecule has 3 aromatic rings. The Bertz CT molecular complexity index is 1200. The summed E-state index contributed by atoms with van der Waals surface area (Å²) in [5.41, 5.74) is 3.67. The van der Waals surface area contributed by atoms with Crippen molar-refractivity contribution in [1.82, 2.24) is 10.3 Å². The standard InChI is InChI=1S/C31H36N2O5/c1-22(9-6-10-23-11-8-18-32-21-23)33-31(34)13-7-12-26(27-16-14-24(35-2)19-29(27)37-4)28-17-15-25(36-3)20-30(28)38-5/h7-8,11-22H,6,9-10H2,1-5H3,(H,33,34)/b13-7+/t22-/m1/s1. The zero-order chi connectivity index (χ0) is 27.3. The van der Waals surface area contributed by atoms with Crippen molar-refractivity contribution < 1.29 is 23.7 Å². The molecule has 200 valence electrons. The number of hydrogen-bond acceptors (Lipinski definition) is 6. The van der Waals surface area contributed by atoms with Crippen molar-refractivity contribution in [2.24, 2.45) is 0 Å². The number of aromatic nitrogens is 1. The van der Waals surface area contributed by atoms with E-state index >= 15 is 0 Å². The number of rotatable bonds is 13. The number of nitrogens with one attached hydrogen (secondary N) is 1. The number of allylic oxidation sites excluding steroid dienone is 2. The van der Waals surface area contributed by atoms with Crippen LogP contribution in [0.15, 0.2) is 79.2 Å². The average molecular weight is 517 g/mol. The fraction of sp³-hybridized carbons (Fsp3) is 0.290. The molecule has 3 rings (SSSR count). The van der Waals surface area contributed by atoms with E-state index in [0.717, 1.165) is 36.0 Å². The van der Waals surface area contributed by atoms with Gasteiger partial charge in [0, 0.05) is 47.8 Å². The summed E-state index contributed by atoms with van der Waals surface area (Å²) in [7, 11) is 6.44. The number of methoxy groups -OCH3 is 4. The Morgan fingerprint density at radius 3 is 2.08 bits per heavy atom. The molecule has 0 radical (unpaired) electrons. The summed E-state index contributed by atoms with van der Waals surface area (Å²) >= 11 is 0. The van der Waals surface area contributed by atoms with E-state index < -0.39 is 0 Å². The molecule has 0 aliphatic heterocycles. The fourth-order valence-electron chi connectivity index (χ4n) is 4.12. The number of amides is 1. The Morgan fingerprint density at radius 1 is 0.921 bits per heavy atom. The van der Waals surface area contributed by atoms with Crippen LogP contribution < -0.4 is 24.3 Å². The topological polar surface area (TPSA) is 78.9 Å². The lowest BCUT2D eigenvalue weighted by Gasteiger charge is -2.17. The summed E-state index contributed by atoms with van der Waals surface area (Å²) in [6.07, 6.45) is 11.6. The Labute approximate surface area is 225 Å². The molecule has 1 aromatic heterocycles. The molecule has 0 bridgehead atoms. The first-order valence-electron chi connectivity index (χ1n) is 12.5. The molecule has 1 N–H and O–H groups in total. The van der Waals surface area contributed by atoms with Gasteiger partial charge in [0.1, 0.15) is 23.0 Å². The fourth-order valence-corrected chi connectivity index (χ4v) is 4.12. The molecule has 7 heteroatoms. The van der Waals surface area contributed by atoms with Crippen LogP contribution in [-0.2, 0) is 11.2 Å². The highest BCUT2D eigenvalue weighted by Gasteiger charge is 2.16. The number of benzene rings is 2. The summed E-state index contributed by atoms with van der Waals surface area (Å²) in [4.78, 5) is 16.8. The maximum Gasteiger partial charge on any atom is 0.244 e. The Kier molecular flexibility index (Phi) is 10.8. The van der Waals surface area contributed by atoms with E-state index in [0.29, 0.717) is 23.0 Å². The lowest BCUT2D eigenvalue weighted by molar-refractivity contribution is -0.117. The van der Waals surface area contributed by atoms with Crippen LogP contribution in [0.1, 0.15) is 36.5 Å². The van der Waals surface area contributed by atoms with Gasteiger partial charge in [-0.3, -0.25) is 9.78 Å². The van der Waals surface area contributed by atoms with E-state index in [-0.39, 0.29) is 11.9 Å². The molecule has 2 aromatic carbocycles. The van der Waals surface area contributed by atoms with Crippen molar-refractivity contribution >= 4 is 11.5 Å². The second-order valence-corrected chi connectivity index (χ2v) is 8.74. The smallest absolute Gasteiger partial charge is 0.244 e. The van der Waals surface area contributed by atoms with Gasteiger partial charge in [0.2, 0.25) is 5.91 Å². The minimum atomic E-state index is -0.155. The first kappa shape index (κ1) is 28.3. The quantitative estimate of drug-likeness (QED) is 0.234. The largest absolute Gasteiger partial charge is 0.497 e. The average Bonchev–Trinajstić information content (AvgIpc) is 2.95. The highest BCUT2D eigenvalue weighted by atomic mass is 16.5. The number of ether oxygens (including phenoxy) is 4. The lowest BCUT2D eigenvalue weighted by atomic mass is 9.95. The monoisotopic (exact) mass is 516 g/mol. The van der Waals surface area contributed by atoms with Crippen molar-refractivity contribution in [3.8, 4) is 23.0 Å². The highest BCUT2D eigenvalue weighted by molar-refractivity contribution is 5.90. The van der Waals surface area contributed by atoms with Gasteiger partial charge in [-0.1, -0.05) is 18.2 Å². The predicted octanol–water partition coefficient (Wildman–Crippen LogP) is 5.63. The van der Waals surface area contributed by atoms with Crippen molar-refractivity contribution in [2.45, 2.75) is 32.2 Å². The zero-order valence-electron chi connectivity index (χ0n) is 22.7. The molecule has 1 amide bonds. The molecule has 0 unspecified atom stereocenters. The molecular formula is C31H36N2O5. The summed E-state index contributed by atoms with van der Waals surface area (Å²) in [5, 5.41) is 3.04. The Hall–Kier alpha value is -4.26. The second-order valence-electron chi connectivity index (χ2n) is 8.74. The molecule has 0 saturated carbocycles. The van der Waals surface area contributed by atoms with E-state index in [9.17, 15) is 4.79 Å². The van der Waals surface area contributed by atoms with E-state index in [1.165, 1.54) is 11.6 Å². The van der Waals surface area contributed by atoms with Crippen LogP contribution in [0.25, 0.3) is 5.57 Å². The van der Waals surface area contributed by atoms with Crippen LogP contribution in [0.2, 0.25) is 0 Å². The molecule has 7 nitrogen and oxygen atoms in total.